The smallest absolute Gasteiger partial charge is 0.256 e. The molecule has 0 fully saturated rings. The van der Waals surface area contributed by atoms with E-state index in [2.05, 4.69) is 35.1 Å². The third kappa shape index (κ3) is 3.26. The minimum absolute atomic E-state index is 0.0181. The number of nitrogens with one attached hydrogen (secondary N) is 1. The van der Waals surface area contributed by atoms with Crippen LogP contribution in [0.1, 0.15) is 35.8 Å². The molecule has 0 saturated heterocycles. The molecule has 0 radical (unpaired) electrons. The van der Waals surface area contributed by atoms with Crippen LogP contribution in [0, 0.1) is 5.92 Å². The summed E-state index contributed by atoms with van der Waals surface area (Å²) in [4.78, 5) is 12.2. The molecule has 1 heterocycles. The van der Waals surface area contributed by atoms with E-state index in [4.69, 9.17) is 4.42 Å². The average molecular weight is 322 g/mol. The molecular weight excluding hydrogens is 306 g/mol. The summed E-state index contributed by atoms with van der Waals surface area (Å²) < 4.78 is 5.55. The van der Waals surface area contributed by atoms with Gasteiger partial charge >= 0.3 is 0 Å². The summed E-state index contributed by atoms with van der Waals surface area (Å²) in [5, 5.41) is 3.05. The van der Waals surface area contributed by atoms with Gasteiger partial charge in [0.1, 0.15) is 0 Å². The molecule has 1 amide bonds. The van der Waals surface area contributed by atoms with Crippen LogP contribution in [-0.4, -0.2) is 5.91 Å². The van der Waals surface area contributed by atoms with Crippen molar-refractivity contribution in [3.8, 4) is 0 Å². The number of hydrogen-bond donors (Lipinski definition) is 1. The first-order valence-corrected chi connectivity index (χ1v) is 6.97. The molecule has 0 bridgehead atoms. The van der Waals surface area contributed by atoms with Gasteiger partial charge in [-0.25, -0.2) is 0 Å². The van der Waals surface area contributed by atoms with Crippen LogP contribution in [0.3, 0.4) is 0 Å². The van der Waals surface area contributed by atoms with Crippen molar-refractivity contribution in [1.29, 1.82) is 0 Å². The van der Waals surface area contributed by atoms with E-state index in [9.17, 15) is 4.79 Å². The highest BCUT2D eigenvalue weighted by atomic mass is 79.9. The van der Waals surface area contributed by atoms with E-state index in [1.165, 1.54) is 6.26 Å². The van der Waals surface area contributed by atoms with Gasteiger partial charge in [-0.15, -0.1) is 0 Å². The summed E-state index contributed by atoms with van der Waals surface area (Å²) in [7, 11) is 0. The Labute approximate surface area is 121 Å². The molecule has 0 aliphatic heterocycles. The quantitative estimate of drug-likeness (QED) is 0.918. The van der Waals surface area contributed by atoms with Crippen LogP contribution in [0.2, 0.25) is 0 Å². The van der Waals surface area contributed by atoms with Gasteiger partial charge in [0.2, 0.25) is 0 Å². The minimum Gasteiger partial charge on any atom is -0.457 e. The maximum Gasteiger partial charge on any atom is 0.256 e. The number of hydrogen-bond acceptors (Lipinski definition) is 2. The van der Waals surface area contributed by atoms with Crippen LogP contribution in [0.5, 0.6) is 0 Å². The second-order valence-corrected chi connectivity index (χ2v) is 5.43. The maximum atomic E-state index is 12.2. The second kappa shape index (κ2) is 6.06. The molecule has 1 aromatic heterocycles. The first-order valence-electron chi connectivity index (χ1n) is 6.18. The summed E-state index contributed by atoms with van der Waals surface area (Å²) in [6.45, 7) is 4.17. The third-order valence-corrected chi connectivity index (χ3v) is 3.59. The zero-order chi connectivity index (χ0) is 13.8. The minimum atomic E-state index is -0.136. The molecule has 1 aromatic carbocycles. The topological polar surface area (TPSA) is 42.2 Å². The molecule has 3 nitrogen and oxygen atoms in total. The Morgan fingerprint density at radius 3 is 2.42 bits per heavy atom. The van der Waals surface area contributed by atoms with Crippen molar-refractivity contribution in [3.63, 3.8) is 0 Å². The standard InChI is InChI=1S/C15H16BrNO2/c1-10(2)13(11-6-4-3-5-7-11)17-15(18)12-8-9-19-14(12)16/h3-10,13H,1-2H3,(H,17,18). The number of halogens is 1. The van der Waals surface area contributed by atoms with Crippen LogP contribution in [-0.2, 0) is 0 Å². The highest BCUT2D eigenvalue weighted by Crippen LogP contribution is 2.23. The van der Waals surface area contributed by atoms with Crippen molar-refractivity contribution in [2.45, 2.75) is 19.9 Å². The molecular formula is C15H16BrNO2. The van der Waals surface area contributed by atoms with E-state index in [1.54, 1.807) is 6.07 Å². The van der Waals surface area contributed by atoms with Crippen LogP contribution >= 0.6 is 15.9 Å². The number of carbonyl (C=O) groups is 1. The number of carbonyl (C=O) groups excluding carboxylic acids is 1. The van der Waals surface area contributed by atoms with Crippen molar-refractivity contribution in [3.05, 3.63) is 58.5 Å². The van der Waals surface area contributed by atoms with Crippen LogP contribution in [0.15, 0.2) is 51.7 Å². The Balaban J connectivity index is 2.19. The summed E-state index contributed by atoms with van der Waals surface area (Å²) in [6, 6.07) is 11.6. The van der Waals surface area contributed by atoms with E-state index in [-0.39, 0.29) is 11.9 Å². The molecule has 1 N–H and O–H groups in total. The third-order valence-electron chi connectivity index (χ3n) is 2.97. The summed E-state index contributed by atoms with van der Waals surface area (Å²) in [5.74, 6) is 0.167. The van der Waals surface area contributed by atoms with E-state index in [0.717, 1.165) is 5.56 Å². The molecule has 0 spiro atoms. The van der Waals surface area contributed by atoms with Gasteiger partial charge < -0.3 is 9.73 Å². The van der Waals surface area contributed by atoms with Gasteiger partial charge in [-0.1, -0.05) is 44.2 Å². The Hall–Kier alpha value is -1.55. The van der Waals surface area contributed by atoms with E-state index < -0.39 is 0 Å². The molecule has 4 heteroatoms. The SMILES string of the molecule is CC(C)C(NC(=O)c1ccoc1Br)c1ccccc1. The number of amides is 1. The van der Waals surface area contributed by atoms with E-state index in [1.807, 2.05) is 30.3 Å². The predicted molar refractivity (Wildman–Crippen MR) is 77.9 cm³/mol. The zero-order valence-corrected chi connectivity index (χ0v) is 12.5. The van der Waals surface area contributed by atoms with Crippen LogP contribution in [0.4, 0.5) is 0 Å². The summed E-state index contributed by atoms with van der Waals surface area (Å²) >= 11 is 3.22. The van der Waals surface area contributed by atoms with Gasteiger partial charge in [-0.2, -0.15) is 0 Å². The lowest BCUT2D eigenvalue weighted by atomic mass is 9.96. The molecule has 19 heavy (non-hydrogen) atoms. The lowest BCUT2D eigenvalue weighted by molar-refractivity contribution is 0.0924. The Kier molecular flexibility index (Phi) is 4.43. The highest BCUT2D eigenvalue weighted by Gasteiger charge is 2.21. The molecule has 2 rings (SSSR count). The first-order chi connectivity index (χ1) is 9.09. The summed E-state index contributed by atoms with van der Waals surface area (Å²) in [6.07, 6.45) is 1.49. The molecule has 0 saturated carbocycles. The second-order valence-electron chi connectivity index (χ2n) is 4.71. The van der Waals surface area contributed by atoms with Crippen molar-refractivity contribution >= 4 is 21.8 Å². The number of benzene rings is 1. The van der Waals surface area contributed by atoms with Crippen molar-refractivity contribution < 1.29 is 9.21 Å². The Bertz CT molecular complexity index is 548. The fraction of sp³-hybridized carbons (Fsp3) is 0.267. The van der Waals surface area contributed by atoms with Crippen molar-refractivity contribution in [1.82, 2.24) is 5.32 Å². The van der Waals surface area contributed by atoms with Gasteiger partial charge in [0, 0.05) is 0 Å². The summed E-state index contributed by atoms with van der Waals surface area (Å²) in [5.41, 5.74) is 1.62. The van der Waals surface area contributed by atoms with Crippen LogP contribution in [0.25, 0.3) is 0 Å². The maximum absolute atomic E-state index is 12.2. The zero-order valence-electron chi connectivity index (χ0n) is 10.9. The average Bonchev–Trinajstić information content (AvgIpc) is 2.82. The van der Waals surface area contributed by atoms with Gasteiger partial charge in [0.25, 0.3) is 5.91 Å². The fourth-order valence-corrected chi connectivity index (χ4v) is 2.39. The van der Waals surface area contributed by atoms with Crippen molar-refractivity contribution in [2.24, 2.45) is 5.92 Å². The molecule has 100 valence electrons. The Morgan fingerprint density at radius 1 is 1.21 bits per heavy atom. The molecule has 0 aliphatic rings. The molecule has 1 unspecified atom stereocenters. The molecule has 0 aliphatic carbocycles. The lowest BCUT2D eigenvalue weighted by Gasteiger charge is -2.22. The fourth-order valence-electron chi connectivity index (χ4n) is 1.97. The van der Waals surface area contributed by atoms with Gasteiger partial charge in [-0.05, 0) is 33.5 Å². The lowest BCUT2D eigenvalue weighted by Crippen LogP contribution is -2.31. The van der Waals surface area contributed by atoms with Crippen LogP contribution < -0.4 is 5.32 Å². The van der Waals surface area contributed by atoms with E-state index >= 15 is 0 Å². The Morgan fingerprint density at radius 2 is 1.89 bits per heavy atom. The largest absolute Gasteiger partial charge is 0.457 e. The first kappa shape index (κ1) is 13.9. The molecule has 2 aromatic rings. The predicted octanol–water partition coefficient (Wildman–Crippen LogP) is 4.17. The number of rotatable bonds is 4. The highest BCUT2D eigenvalue weighted by molar-refractivity contribution is 9.10. The van der Waals surface area contributed by atoms with E-state index in [0.29, 0.717) is 16.2 Å². The van der Waals surface area contributed by atoms with Gasteiger partial charge in [-0.3, -0.25) is 4.79 Å². The normalized spacial score (nSPS) is 12.4. The number of furan rings is 1. The molecule has 1 atom stereocenters. The van der Waals surface area contributed by atoms with Gasteiger partial charge in [0.05, 0.1) is 17.9 Å². The van der Waals surface area contributed by atoms with Gasteiger partial charge in [0.15, 0.2) is 4.67 Å². The monoisotopic (exact) mass is 321 g/mol. The van der Waals surface area contributed by atoms with Crippen molar-refractivity contribution in [2.75, 3.05) is 0 Å².